The summed E-state index contributed by atoms with van der Waals surface area (Å²) in [6, 6.07) is 0. The van der Waals surface area contributed by atoms with Crippen LogP contribution >= 0.6 is 0 Å². The first-order valence-electron chi connectivity index (χ1n) is 4.64. The average Bonchev–Trinajstić information content (AvgIpc) is 2.53. The molecule has 0 spiro atoms. The molecule has 0 radical (unpaired) electrons. The Kier molecular flexibility index (Phi) is 8.51. The largest absolute Gasteiger partial charge is 0.396 e. The summed E-state index contributed by atoms with van der Waals surface area (Å²) in [6.45, 7) is 6.88. The van der Waals surface area contributed by atoms with Crippen molar-refractivity contribution in [2.45, 2.75) is 38.7 Å². The minimum atomic E-state index is 0.284. The van der Waals surface area contributed by atoms with Gasteiger partial charge in [0.2, 0.25) is 0 Å². The van der Waals surface area contributed by atoms with E-state index in [1.165, 1.54) is 12.8 Å². The van der Waals surface area contributed by atoms with E-state index in [1.807, 2.05) is 0 Å². The second-order valence-corrected chi connectivity index (χ2v) is 2.98. The van der Waals surface area contributed by atoms with E-state index < -0.39 is 0 Å². The summed E-state index contributed by atoms with van der Waals surface area (Å²) in [5.74, 6) is 0. The van der Waals surface area contributed by atoms with E-state index in [1.54, 1.807) is 6.08 Å². The summed E-state index contributed by atoms with van der Waals surface area (Å²) in [7, 11) is 0. The van der Waals surface area contributed by atoms with Gasteiger partial charge >= 0.3 is 0 Å². The van der Waals surface area contributed by atoms with E-state index in [0.717, 1.165) is 19.4 Å². The third kappa shape index (κ3) is 7.76. The summed E-state index contributed by atoms with van der Waals surface area (Å²) < 4.78 is 5.15. The third-order valence-corrected chi connectivity index (χ3v) is 1.72. The molecular weight excluding hydrogens is 152 g/mol. The van der Waals surface area contributed by atoms with Crippen LogP contribution in [0, 0.1) is 0 Å². The molecule has 1 fully saturated rings. The van der Waals surface area contributed by atoms with Crippen LogP contribution in [0.15, 0.2) is 12.7 Å². The predicted octanol–water partition coefficient (Wildman–Crippen LogP) is 2.13. The molecular formula is C10H20O2. The lowest BCUT2D eigenvalue weighted by Crippen LogP contribution is -1.94. The Labute approximate surface area is 75.2 Å². The first kappa shape index (κ1) is 11.7. The molecule has 1 saturated heterocycles. The maximum absolute atomic E-state index is 8.15. The number of aliphatic hydroxyl groups is 1. The third-order valence-electron chi connectivity index (χ3n) is 1.72. The Bertz CT molecular complexity index is 96.0. The summed E-state index contributed by atoms with van der Waals surface area (Å²) in [4.78, 5) is 0. The molecule has 12 heavy (non-hydrogen) atoms. The highest BCUT2D eigenvalue weighted by molar-refractivity contribution is 4.64. The van der Waals surface area contributed by atoms with Crippen molar-refractivity contribution < 1.29 is 9.84 Å². The minimum Gasteiger partial charge on any atom is -0.396 e. The molecule has 2 heteroatoms. The summed E-state index contributed by atoms with van der Waals surface area (Å²) in [6.07, 6.45) is 6.65. The normalized spacial score (nSPS) is 21.3. The van der Waals surface area contributed by atoms with Gasteiger partial charge in [0.25, 0.3) is 0 Å². The lowest BCUT2D eigenvalue weighted by molar-refractivity contribution is 0.125. The standard InChI is InChI=1S/2C5H10O/c1-5-3-2-4-6-5;1-2-3-4-5-6/h5H,2-4H2,1H3;2,6H,1,3-5H2. The Hall–Kier alpha value is -0.340. The summed E-state index contributed by atoms with van der Waals surface area (Å²) >= 11 is 0. The maximum Gasteiger partial charge on any atom is 0.0547 e. The van der Waals surface area contributed by atoms with Gasteiger partial charge in [0.15, 0.2) is 0 Å². The van der Waals surface area contributed by atoms with Crippen LogP contribution < -0.4 is 0 Å². The van der Waals surface area contributed by atoms with Gasteiger partial charge in [-0.1, -0.05) is 6.08 Å². The van der Waals surface area contributed by atoms with Gasteiger partial charge in [-0.05, 0) is 32.6 Å². The van der Waals surface area contributed by atoms with E-state index in [4.69, 9.17) is 9.84 Å². The highest BCUT2D eigenvalue weighted by Crippen LogP contribution is 2.09. The fourth-order valence-corrected chi connectivity index (χ4v) is 0.974. The number of aliphatic hydroxyl groups excluding tert-OH is 1. The maximum atomic E-state index is 8.15. The zero-order chi connectivity index (χ0) is 9.23. The SMILES string of the molecule is C=CCCCO.CC1CCCO1. The predicted molar refractivity (Wildman–Crippen MR) is 51.2 cm³/mol. The van der Waals surface area contributed by atoms with Crippen LogP contribution in [0.1, 0.15) is 32.6 Å². The van der Waals surface area contributed by atoms with Gasteiger partial charge in [0, 0.05) is 13.2 Å². The zero-order valence-electron chi connectivity index (χ0n) is 7.96. The molecule has 0 bridgehead atoms. The topological polar surface area (TPSA) is 29.5 Å². The van der Waals surface area contributed by atoms with Gasteiger partial charge in [-0.25, -0.2) is 0 Å². The number of hydrogen-bond acceptors (Lipinski definition) is 2. The van der Waals surface area contributed by atoms with Crippen LogP contribution in [0.3, 0.4) is 0 Å². The monoisotopic (exact) mass is 172 g/mol. The van der Waals surface area contributed by atoms with Gasteiger partial charge in [-0.2, -0.15) is 0 Å². The van der Waals surface area contributed by atoms with E-state index in [0.29, 0.717) is 6.10 Å². The molecule has 72 valence electrons. The van der Waals surface area contributed by atoms with Crippen molar-refractivity contribution >= 4 is 0 Å². The van der Waals surface area contributed by atoms with Crippen LogP contribution in [0.2, 0.25) is 0 Å². The van der Waals surface area contributed by atoms with Gasteiger partial charge < -0.3 is 9.84 Å². The second-order valence-electron chi connectivity index (χ2n) is 2.98. The van der Waals surface area contributed by atoms with Crippen LogP contribution in [0.25, 0.3) is 0 Å². The Morgan fingerprint density at radius 1 is 1.67 bits per heavy atom. The molecule has 1 unspecified atom stereocenters. The van der Waals surface area contributed by atoms with E-state index in [9.17, 15) is 0 Å². The smallest absolute Gasteiger partial charge is 0.0547 e. The molecule has 0 saturated carbocycles. The van der Waals surface area contributed by atoms with Crippen molar-refractivity contribution in [2.24, 2.45) is 0 Å². The molecule has 0 aliphatic carbocycles. The van der Waals surface area contributed by atoms with Crippen molar-refractivity contribution in [2.75, 3.05) is 13.2 Å². The Morgan fingerprint density at radius 2 is 2.42 bits per heavy atom. The molecule has 1 rings (SSSR count). The van der Waals surface area contributed by atoms with Gasteiger partial charge in [-0.3, -0.25) is 0 Å². The molecule has 2 nitrogen and oxygen atoms in total. The molecule has 1 N–H and O–H groups in total. The quantitative estimate of drug-likeness (QED) is 0.522. The fraction of sp³-hybridized carbons (Fsp3) is 0.800. The van der Waals surface area contributed by atoms with Crippen molar-refractivity contribution in [3.8, 4) is 0 Å². The molecule has 1 atom stereocenters. The van der Waals surface area contributed by atoms with Crippen LogP contribution in [-0.2, 0) is 4.74 Å². The van der Waals surface area contributed by atoms with Crippen LogP contribution in [-0.4, -0.2) is 24.4 Å². The molecule has 0 aromatic carbocycles. The lowest BCUT2D eigenvalue weighted by Gasteiger charge is -1.94. The highest BCUT2D eigenvalue weighted by Gasteiger charge is 2.07. The Balaban J connectivity index is 0.000000202. The molecule has 1 aliphatic rings. The second kappa shape index (κ2) is 8.75. The first-order valence-corrected chi connectivity index (χ1v) is 4.64. The minimum absolute atomic E-state index is 0.284. The number of allylic oxidation sites excluding steroid dienone is 1. The average molecular weight is 172 g/mol. The lowest BCUT2D eigenvalue weighted by atomic mass is 10.3. The number of rotatable bonds is 3. The van der Waals surface area contributed by atoms with Crippen molar-refractivity contribution in [1.82, 2.24) is 0 Å². The molecule has 0 aromatic heterocycles. The fourth-order valence-electron chi connectivity index (χ4n) is 0.974. The summed E-state index contributed by atoms with van der Waals surface area (Å²) in [5.41, 5.74) is 0. The van der Waals surface area contributed by atoms with E-state index >= 15 is 0 Å². The highest BCUT2D eigenvalue weighted by atomic mass is 16.5. The molecule has 1 heterocycles. The first-order chi connectivity index (χ1) is 5.81. The van der Waals surface area contributed by atoms with Crippen molar-refractivity contribution in [3.63, 3.8) is 0 Å². The van der Waals surface area contributed by atoms with Crippen LogP contribution in [0.5, 0.6) is 0 Å². The van der Waals surface area contributed by atoms with Gasteiger partial charge in [0.05, 0.1) is 6.10 Å². The van der Waals surface area contributed by atoms with E-state index in [-0.39, 0.29) is 6.61 Å². The zero-order valence-corrected chi connectivity index (χ0v) is 7.96. The molecule has 0 aromatic rings. The number of hydrogen-bond donors (Lipinski definition) is 1. The van der Waals surface area contributed by atoms with Gasteiger partial charge in [0.1, 0.15) is 0 Å². The molecule has 1 aliphatic heterocycles. The summed E-state index contributed by atoms with van der Waals surface area (Å²) in [5, 5.41) is 8.15. The van der Waals surface area contributed by atoms with Crippen molar-refractivity contribution in [3.05, 3.63) is 12.7 Å². The Morgan fingerprint density at radius 3 is 2.58 bits per heavy atom. The molecule has 0 amide bonds. The number of ether oxygens (including phenoxy) is 1. The number of unbranched alkanes of at least 4 members (excludes halogenated alkanes) is 1. The van der Waals surface area contributed by atoms with Gasteiger partial charge in [-0.15, -0.1) is 6.58 Å². The van der Waals surface area contributed by atoms with Crippen molar-refractivity contribution in [1.29, 1.82) is 0 Å². The van der Waals surface area contributed by atoms with E-state index in [2.05, 4.69) is 13.5 Å². The van der Waals surface area contributed by atoms with Crippen LogP contribution in [0.4, 0.5) is 0 Å².